The van der Waals surface area contributed by atoms with Crippen LogP contribution in [-0.2, 0) is 4.79 Å². The Hall–Kier alpha value is -1.85. The molecule has 2 rings (SSSR count). The van der Waals surface area contributed by atoms with E-state index in [9.17, 15) is 4.79 Å². The maximum absolute atomic E-state index is 10.7. The summed E-state index contributed by atoms with van der Waals surface area (Å²) in [5.74, 6) is -0.0936. The van der Waals surface area contributed by atoms with Crippen LogP contribution >= 0.6 is 11.3 Å². The molecule has 0 aliphatic rings. The number of nitrogens with two attached hydrogens (primary N) is 1. The van der Waals surface area contributed by atoms with Crippen molar-refractivity contribution in [3.05, 3.63) is 40.6 Å². The number of carboxylic acid groups (broad SMARTS) is 1. The Kier molecular flexibility index (Phi) is 4.19. The van der Waals surface area contributed by atoms with Gasteiger partial charge in [0.1, 0.15) is 5.75 Å². The summed E-state index contributed by atoms with van der Waals surface area (Å²) in [6.45, 7) is 0. The van der Waals surface area contributed by atoms with E-state index in [0.29, 0.717) is 0 Å². The van der Waals surface area contributed by atoms with Gasteiger partial charge in [0.15, 0.2) is 0 Å². The number of rotatable bonds is 5. The monoisotopic (exact) mass is 277 g/mol. The molecular weight excluding hydrogens is 262 g/mol. The third-order valence-corrected chi connectivity index (χ3v) is 3.85. The fourth-order valence-electron chi connectivity index (χ4n) is 1.79. The van der Waals surface area contributed by atoms with Crippen LogP contribution < -0.4 is 10.5 Å². The maximum atomic E-state index is 10.7. The summed E-state index contributed by atoms with van der Waals surface area (Å²) >= 11 is 1.48. The largest absolute Gasteiger partial charge is 0.497 e. The molecule has 0 saturated heterocycles. The van der Waals surface area contributed by atoms with Gasteiger partial charge >= 0.3 is 5.97 Å². The number of carbonyl (C=O) groups is 1. The predicted octanol–water partition coefficient (Wildman–Crippen LogP) is 2.90. The molecule has 0 aliphatic carbocycles. The Morgan fingerprint density at radius 1 is 1.42 bits per heavy atom. The van der Waals surface area contributed by atoms with Crippen LogP contribution in [0, 0.1) is 0 Å². The minimum Gasteiger partial charge on any atom is -0.497 e. The van der Waals surface area contributed by atoms with Crippen LogP contribution in [0.4, 0.5) is 0 Å². The fraction of sp³-hybridized carbons (Fsp3) is 0.214. The van der Waals surface area contributed by atoms with Crippen molar-refractivity contribution in [1.29, 1.82) is 0 Å². The van der Waals surface area contributed by atoms with Crippen molar-refractivity contribution in [3.8, 4) is 16.9 Å². The standard InChI is InChI=1S/C14H15NO3S/c1-18-11-4-2-3-9(5-11)10-6-13(19-8-10)12(15)7-14(16)17/h2-6,8,12H,7,15H2,1H3,(H,16,17). The summed E-state index contributed by atoms with van der Waals surface area (Å²) < 4.78 is 5.18. The first kappa shape index (κ1) is 13.6. The van der Waals surface area contributed by atoms with Crippen molar-refractivity contribution in [2.75, 3.05) is 7.11 Å². The third-order valence-electron chi connectivity index (χ3n) is 2.78. The number of carboxylic acids is 1. The van der Waals surface area contributed by atoms with Gasteiger partial charge < -0.3 is 15.6 Å². The van der Waals surface area contributed by atoms with Gasteiger partial charge in [0.2, 0.25) is 0 Å². The van der Waals surface area contributed by atoms with Crippen LogP contribution in [0.3, 0.4) is 0 Å². The molecule has 1 aromatic carbocycles. The van der Waals surface area contributed by atoms with Gasteiger partial charge in [-0.25, -0.2) is 0 Å². The Morgan fingerprint density at radius 3 is 2.89 bits per heavy atom. The van der Waals surface area contributed by atoms with Crippen LogP contribution in [0.1, 0.15) is 17.3 Å². The van der Waals surface area contributed by atoms with Gasteiger partial charge in [-0.2, -0.15) is 0 Å². The lowest BCUT2D eigenvalue weighted by molar-refractivity contribution is -0.137. The number of methoxy groups -OCH3 is 1. The topological polar surface area (TPSA) is 72.5 Å². The van der Waals surface area contributed by atoms with Gasteiger partial charge in [0, 0.05) is 10.9 Å². The summed E-state index contributed by atoms with van der Waals surface area (Å²) in [5, 5.41) is 10.7. The molecule has 0 bridgehead atoms. The van der Waals surface area contributed by atoms with Crippen molar-refractivity contribution < 1.29 is 14.6 Å². The molecule has 1 atom stereocenters. The molecule has 0 saturated carbocycles. The van der Waals surface area contributed by atoms with E-state index in [2.05, 4.69) is 0 Å². The molecular formula is C14H15NO3S. The van der Waals surface area contributed by atoms with E-state index < -0.39 is 12.0 Å². The van der Waals surface area contributed by atoms with Gasteiger partial charge in [-0.05, 0) is 34.7 Å². The molecule has 4 nitrogen and oxygen atoms in total. The highest BCUT2D eigenvalue weighted by Crippen LogP contribution is 2.31. The fourth-order valence-corrected chi connectivity index (χ4v) is 2.71. The molecule has 1 heterocycles. The van der Waals surface area contributed by atoms with Gasteiger partial charge in [-0.3, -0.25) is 4.79 Å². The van der Waals surface area contributed by atoms with E-state index in [0.717, 1.165) is 21.8 Å². The average Bonchev–Trinajstić information content (AvgIpc) is 2.88. The second-order valence-electron chi connectivity index (χ2n) is 4.17. The number of benzene rings is 1. The molecule has 1 unspecified atom stereocenters. The zero-order valence-corrected chi connectivity index (χ0v) is 11.3. The first-order chi connectivity index (χ1) is 9.10. The Bertz CT molecular complexity index is 580. The SMILES string of the molecule is COc1cccc(-c2csc(C(N)CC(=O)O)c2)c1. The van der Waals surface area contributed by atoms with Crippen LogP contribution in [0.25, 0.3) is 11.1 Å². The summed E-state index contributed by atoms with van der Waals surface area (Å²) in [4.78, 5) is 11.5. The lowest BCUT2D eigenvalue weighted by Crippen LogP contribution is -2.13. The predicted molar refractivity (Wildman–Crippen MR) is 75.5 cm³/mol. The Labute approximate surface area is 115 Å². The molecule has 0 radical (unpaired) electrons. The van der Waals surface area contributed by atoms with Crippen LogP contribution in [0.2, 0.25) is 0 Å². The molecule has 3 N–H and O–H groups in total. The molecule has 1 aromatic heterocycles. The third kappa shape index (κ3) is 3.33. The molecule has 0 fully saturated rings. The number of hydrogen-bond acceptors (Lipinski definition) is 4. The highest BCUT2D eigenvalue weighted by atomic mass is 32.1. The Balaban J connectivity index is 2.22. The maximum Gasteiger partial charge on any atom is 0.305 e. The molecule has 100 valence electrons. The zero-order valence-electron chi connectivity index (χ0n) is 10.5. The first-order valence-electron chi connectivity index (χ1n) is 5.80. The van der Waals surface area contributed by atoms with Gasteiger partial charge in [-0.1, -0.05) is 12.1 Å². The summed E-state index contributed by atoms with van der Waals surface area (Å²) in [6, 6.07) is 9.20. The highest BCUT2D eigenvalue weighted by molar-refractivity contribution is 7.10. The number of aliphatic carboxylic acids is 1. The van der Waals surface area contributed by atoms with Gasteiger partial charge in [0.05, 0.1) is 13.5 Å². The van der Waals surface area contributed by atoms with Gasteiger partial charge in [-0.15, -0.1) is 11.3 Å². The average molecular weight is 277 g/mol. The van der Waals surface area contributed by atoms with E-state index in [-0.39, 0.29) is 6.42 Å². The van der Waals surface area contributed by atoms with Gasteiger partial charge in [0.25, 0.3) is 0 Å². The van der Waals surface area contributed by atoms with Crippen molar-refractivity contribution in [2.24, 2.45) is 5.73 Å². The highest BCUT2D eigenvalue weighted by Gasteiger charge is 2.13. The van der Waals surface area contributed by atoms with E-state index in [1.165, 1.54) is 11.3 Å². The van der Waals surface area contributed by atoms with Crippen molar-refractivity contribution >= 4 is 17.3 Å². The lowest BCUT2D eigenvalue weighted by atomic mass is 10.1. The van der Waals surface area contributed by atoms with Crippen LogP contribution in [-0.4, -0.2) is 18.2 Å². The number of ether oxygens (including phenoxy) is 1. The van der Waals surface area contributed by atoms with Crippen molar-refractivity contribution in [3.63, 3.8) is 0 Å². The van der Waals surface area contributed by atoms with Crippen molar-refractivity contribution in [1.82, 2.24) is 0 Å². The van der Waals surface area contributed by atoms with E-state index in [1.54, 1.807) is 7.11 Å². The molecule has 0 spiro atoms. The number of hydrogen-bond donors (Lipinski definition) is 2. The summed E-state index contributed by atoms with van der Waals surface area (Å²) in [6.07, 6.45) is -0.0575. The first-order valence-corrected chi connectivity index (χ1v) is 6.68. The lowest BCUT2D eigenvalue weighted by Gasteiger charge is -2.05. The minimum atomic E-state index is -0.885. The van der Waals surface area contributed by atoms with Crippen molar-refractivity contribution in [2.45, 2.75) is 12.5 Å². The molecule has 19 heavy (non-hydrogen) atoms. The summed E-state index contributed by atoms with van der Waals surface area (Å²) in [7, 11) is 1.63. The minimum absolute atomic E-state index is 0.0575. The quantitative estimate of drug-likeness (QED) is 0.881. The van der Waals surface area contributed by atoms with E-state index in [4.69, 9.17) is 15.6 Å². The second kappa shape index (κ2) is 5.86. The van der Waals surface area contributed by atoms with Crippen LogP contribution in [0.5, 0.6) is 5.75 Å². The molecule has 5 heteroatoms. The molecule has 0 aliphatic heterocycles. The second-order valence-corrected chi connectivity index (χ2v) is 5.12. The number of thiophene rings is 1. The smallest absolute Gasteiger partial charge is 0.305 e. The zero-order chi connectivity index (χ0) is 13.8. The van der Waals surface area contributed by atoms with E-state index in [1.807, 2.05) is 35.7 Å². The molecule has 2 aromatic rings. The summed E-state index contributed by atoms with van der Waals surface area (Å²) in [5.41, 5.74) is 7.91. The van der Waals surface area contributed by atoms with Crippen LogP contribution in [0.15, 0.2) is 35.7 Å². The van der Waals surface area contributed by atoms with E-state index >= 15 is 0 Å². The Morgan fingerprint density at radius 2 is 2.21 bits per heavy atom. The molecule has 0 amide bonds. The normalized spacial score (nSPS) is 12.1.